The third-order valence-corrected chi connectivity index (χ3v) is 5.18. The van der Waals surface area contributed by atoms with Gasteiger partial charge in [0.1, 0.15) is 0 Å². The molecule has 0 N–H and O–H groups in total. The fraction of sp³-hybridized carbons (Fsp3) is 0.375. The Morgan fingerprint density at radius 2 is 2.23 bits per heavy atom. The summed E-state index contributed by atoms with van der Waals surface area (Å²) in [5, 5.41) is 2.44. The van der Waals surface area contributed by atoms with Crippen molar-refractivity contribution in [3.05, 3.63) is 49.5 Å². The summed E-state index contributed by atoms with van der Waals surface area (Å²) < 4.78 is 1.65. The van der Waals surface area contributed by atoms with Gasteiger partial charge in [0.25, 0.3) is 0 Å². The van der Waals surface area contributed by atoms with E-state index in [1.165, 1.54) is 11.3 Å². The Morgan fingerprint density at radius 1 is 1.41 bits per heavy atom. The molecule has 1 aliphatic heterocycles. The van der Waals surface area contributed by atoms with Crippen molar-refractivity contribution in [3.8, 4) is 0 Å². The Kier molecular flexibility index (Phi) is 4.36. The molecule has 0 saturated heterocycles. The molecule has 0 saturated carbocycles. The van der Waals surface area contributed by atoms with Gasteiger partial charge in [0.05, 0.1) is 10.7 Å². The molecule has 0 unspecified atom stereocenters. The monoisotopic (exact) mass is 336 g/mol. The Bertz CT molecular complexity index is 766. The fourth-order valence-electron chi connectivity index (χ4n) is 2.87. The molecule has 0 aliphatic carbocycles. The highest BCUT2D eigenvalue weighted by atomic mass is 35.5. The number of hydrogen-bond donors (Lipinski definition) is 0. The van der Waals surface area contributed by atoms with Crippen LogP contribution in [0.15, 0.2) is 28.4 Å². The average molecular weight is 337 g/mol. The number of carbonyl (C=O) groups is 1. The van der Waals surface area contributed by atoms with Crippen molar-refractivity contribution in [1.29, 1.82) is 0 Å². The van der Waals surface area contributed by atoms with Gasteiger partial charge in [-0.05, 0) is 31.4 Å². The molecular formula is C16H17ClN2O2S. The highest BCUT2D eigenvalue weighted by Crippen LogP contribution is 2.34. The largest absolute Gasteiger partial charge is 0.311 e. The van der Waals surface area contributed by atoms with Gasteiger partial charge < -0.3 is 9.47 Å². The molecule has 0 spiro atoms. The molecule has 2 heterocycles. The molecule has 1 aromatic heterocycles. The molecule has 4 nitrogen and oxygen atoms in total. The number of halogens is 1. The average Bonchev–Trinajstić information content (AvgIpc) is 2.83. The standard InChI is InChI=1S/C16H17ClN2O2S/c1-11-10-22-16(21)18(11)9-7-14(20)19-8-3-5-12-4-2-6-13(17)15(12)19/h2,4,6,10H,3,5,7-9H2,1H3. The van der Waals surface area contributed by atoms with Crippen LogP contribution in [0, 0.1) is 6.92 Å². The molecule has 1 aliphatic rings. The molecule has 1 amide bonds. The number of thiazole rings is 1. The number of aromatic nitrogens is 1. The number of amides is 1. The van der Waals surface area contributed by atoms with E-state index >= 15 is 0 Å². The Morgan fingerprint density at radius 3 is 2.95 bits per heavy atom. The van der Waals surface area contributed by atoms with Crippen molar-refractivity contribution in [2.24, 2.45) is 0 Å². The summed E-state index contributed by atoms with van der Waals surface area (Å²) in [6.45, 7) is 2.99. The first kappa shape index (κ1) is 15.3. The van der Waals surface area contributed by atoms with Gasteiger partial charge in [0.15, 0.2) is 0 Å². The highest BCUT2D eigenvalue weighted by Gasteiger charge is 2.24. The molecule has 0 bridgehead atoms. The van der Waals surface area contributed by atoms with Crippen LogP contribution in [0.25, 0.3) is 0 Å². The SMILES string of the molecule is Cc1csc(=O)n1CCC(=O)N1CCCc2cccc(Cl)c21. The minimum absolute atomic E-state index is 0.0117. The number of anilines is 1. The summed E-state index contributed by atoms with van der Waals surface area (Å²) in [5.41, 5.74) is 2.87. The van der Waals surface area contributed by atoms with Crippen LogP contribution >= 0.6 is 22.9 Å². The second-order valence-electron chi connectivity index (χ2n) is 5.44. The van der Waals surface area contributed by atoms with Crippen molar-refractivity contribution in [1.82, 2.24) is 4.57 Å². The lowest BCUT2D eigenvalue weighted by molar-refractivity contribution is -0.118. The molecule has 3 rings (SSSR count). The maximum absolute atomic E-state index is 12.6. The van der Waals surface area contributed by atoms with E-state index in [0.717, 1.165) is 29.8 Å². The van der Waals surface area contributed by atoms with Gasteiger partial charge in [0.2, 0.25) is 5.91 Å². The smallest absolute Gasteiger partial charge is 0.307 e. The lowest BCUT2D eigenvalue weighted by Gasteiger charge is -2.30. The third-order valence-electron chi connectivity index (χ3n) is 3.99. The molecule has 0 atom stereocenters. The number of para-hydroxylation sites is 1. The number of benzene rings is 1. The minimum Gasteiger partial charge on any atom is -0.311 e. The molecule has 1 aromatic carbocycles. The maximum atomic E-state index is 12.6. The van der Waals surface area contributed by atoms with E-state index in [4.69, 9.17) is 11.6 Å². The number of aryl methyl sites for hydroxylation is 2. The fourth-order valence-corrected chi connectivity index (χ4v) is 3.93. The molecule has 0 fully saturated rings. The van der Waals surface area contributed by atoms with Gasteiger partial charge in [-0.3, -0.25) is 9.59 Å². The summed E-state index contributed by atoms with van der Waals surface area (Å²) >= 11 is 7.45. The second kappa shape index (κ2) is 6.26. The molecule has 22 heavy (non-hydrogen) atoms. The summed E-state index contributed by atoms with van der Waals surface area (Å²) in [6.07, 6.45) is 2.20. The van der Waals surface area contributed by atoms with E-state index in [0.29, 0.717) is 24.5 Å². The van der Waals surface area contributed by atoms with Crippen LogP contribution in [-0.4, -0.2) is 17.0 Å². The normalized spacial score (nSPS) is 14.0. The minimum atomic E-state index is -0.0117. The van der Waals surface area contributed by atoms with Gasteiger partial charge in [-0.15, -0.1) is 0 Å². The summed E-state index contributed by atoms with van der Waals surface area (Å²) in [4.78, 5) is 26.1. The number of carbonyl (C=O) groups excluding carboxylic acids is 1. The van der Waals surface area contributed by atoms with Crippen LogP contribution < -0.4 is 9.77 Å². The van der Waals surface area contributed by atoms with E-state index in [1.807, 2.05) is 30.5 Å². The molecule has 0 radical (unpaired) electrons. The number of hydrogen-bond acceptors (Lipinski definition) is 3. The van der Waals surface area contributed by atoms with Crippen molar-refractivity contribution >= 4 is 34.5 Å². The zero-order valence-electron chi connectivity index (χ0n) is 12.3. The highest BCUT2D eigenvalue weighted by molar-refractivity contribution is 7.07. The van der Waals surface area contributed by atoms with E-state index < -0.39 is 0 Å². The van der Waals surface area contributed by atoms with Crippen LogP contribution in [0.4, 0.5) is 5.69 Å². The molecule has 2 aromatic rings. The van der Waals surface area contributed by atoms with Gasteiger partial charge >= 0.3 is 4.87 Å². The van der Waals surface area contributed by atoms with E-state index in [9.17, 15) is 9.59 Å². The zero-order valence-corrected chi connectivity index (χ0v) is 13.9. The Labute approximate surface area is 137 Å². The summed E-state index contributed by atoms with van der Waals surface area (Å²) in [6, 6.07) is 5.76. The Balaban J connectivity index is 1.79. The van der Waals surface area contributed by atoms with E-state index in [1.54, 1.807) is 9.47 Å². The predicted molar refractivity (Wildman–Crippen MR) is 90.1 cm³/mol. The second-order valence-corrected chi connectivity index (χ2v) is 6.67. The zero-order chi connectivity index (χ0) is 15.7. The van der Waals surface area contributed by atoms with Gasteiger partial charge in [-0.2, -0.15) is 0 Å². The van der Waals surface area contributed by atoms with Crippen LogP contribution in [0.5, 0.6) is 0 Å². The van der Waals surface area contributed by atoms with Gasteiger partial charge in [0, 0.05) is 30.6 Å². The van der Waals surface area contributed by atoms with Gasteiger partial charge in [-0.1, -0.05) is 35.1 Å². The lowest BCUT2D eigenvalue weighted by atomic mass is 10.0. The number of nitrogens with zero attached hydrogens (tertiary/aromatic N) is 2. The predicted octanol–water partition coefficient (Wildman–Crippen LogP) is 3.24. The van der Waals surface area contributed by atoms with E-state index in [-0.39, 0.29) is 10.8 Å². The first-order valence-electron chi connectivity index (χ1n) is 7.30. The quantitative estimate of drug-likeness (QED) is 0.863. The van der Waals surface area contributed by atoms with Crippen molar-refractivity contribution in [2.45, 2.75) is 32.7 Å². The Hall–Kier alpha value is -1.59. The van der Waals surface area contributed by atoms with Crippen LogP contribution in [0.3, 0.4) is 0 Å². The van der Waals surface area contributed by atoms with Crippen molar-refractivity contribution < 1.29 is 4.79 Å². The number of fused-ring (bicyclic) bond motifs is 1. The van der Waals surface area contributed by atoms with Crippen LogP contribution in [-0.2, 0) is 17.8 Å². The maximum Gasteiger partial charge on any atom is 0.307 e. The summed E-state index contributed by atoms with van der Waals surface area (Å²) in [7, 11) is 0. The first-order valence-corrected chi connectivity index (χ1v) is 8.56. The van der Waals surface area contributed by atoms with Crippen LogP contribution in [0.2, 0.25) is 5.02 Å². The van der Waals surface area contributed by atoms with Crippen molar-refractivity contribution in [2.75, 3.05) is 11.4 Å². The van der Waals surface area contributed by atoms with E-state index in [2.05, 4.69) is 0 Å². The first-order chi connectivity index (χ1) is 10.6. The molecular weight excluding hydrogens is 320 g/mol. The number of rotatable bonds is 3. The third kappa shape index (κ3) is 2.83. The summed E-state index contributed by atoms with van der Waals surface area (Å²) in [5.74, 6) is 0.0200. The topological polar surface area (TPSA) is 42.3 Å². The molecule has 116 valence electrons. The van der Waals surface area contributed by atoms with Gasteiger partial charge in [-0.25, -0.2) is 0 Å². The van der Waals surface area contributed by atoms with Crippen molar-refractivity contribution in [3.63, 3.8) is 0 Å². The lowest BCUT2D eigenvalue weighted by Crippen LogP contribution is -2.36. The molecule has 6 heteroatoms. The van der Waals surface area contributed by atoms with Crippen LogP contribution in [0.1, 0.15) is 24.1 Å².